The zero-order valence-electron chi connectivity index (χ0n) is 15.4. The number of fused-ring (bicyclic) bond motifs is 1. The Labute approximate surface area is 167 Å². The summed E-state index contributed by atoms with van der Waals surface area (Å²) in [5.41, 5.74) is 3.83. The number of anilines is 1. The molecule has 2 heterocycles. The van der Waals surface area contributed by atoms with Crippen LogP contribution >= 0.6 is 11.8 Å². The number of carbonyl (C=O) groups excluding carboxylic acids is 1. The Kier molecular flexibility index (Phi) is 5.34. The van der Waals surface area contributed by atoms with Gasteiger partial charge in [0.2, 0.25) is 5.91 Å². The highest BCUT2D eigenvalue weighted by molar-refractivity contribution is 7.99. The van der Waals surface area contributed by atoms with E-state index in [1.165, 1.54) is 17.3 Å². The van der Waals surface area contributed by atoms with Gasteiger partial charge in [-0.3, -0.25) is 14.3 Å². The first-order valence-corrected chi connectivity index (χ1v) is 9.99. The minimum atomic E-state index is -0.111. The molecule has 2 aromatic heterocycles. The third-order valence-corrected chi connectivity index (χ3v) is 5.30. The topological polar surface area (TPSA) is 72.7 Å². The van der Waals surface area contributed by atoms with Crippen molar-refractivity contribution >= 4 is 34.3 Å². The average Bonchev–Trinajstić information content (AvgIpc) is 3.20. The van der Waals surface area contributed by atoms with Crippen molar-refractivity contribution in [3.8, 4) is 5.69 Å². The first-order valence-electron chi connectivity index (χ1n) is 9.00. The molecule has 0 fully saturated rings. The number of carbonyl (C=O) groups is 1. The molecule has 0 radical (unpaired) electrons. The molecule has 6 nitrogen and oxygen atoms in total. The molecule has 1 amide bonds. The van der Waals surface area contributed by atoms with Gasteiger partial charge in [-0.25, -0.2) is 0 Å². The molecule has 0 spiro atoms. The highest BCUT2D eigenvalue weighted by Gasteiger charge is 2.12. The standard InChI is InChI=1S/C21H19N5OS/c1-2-15-7-4-6-10-19(15)26-14-23-25-21(26)28-13-20(27)24-17-11-16-8-3-5-9-18(16)22-12-17/h3-12,14H,2,13H2,1H3,(H,24,27). The molecule has 28 heavy (non-hydrogen) atoms. The van der Waals surface area contributed by atoms with Gasteiger partial charge in [0, 0.05) is 5.39 Å². The number of rotatable bonds is 6. The molecule has 0 aliphatic rings. The van der Waals surface area contributed by atoms with Gasteiger partial charge < -0.3 is 5.32 Å². The number of hydrogen-bond acceptors (Lipinski definition) is 5. The second-order valence-electron chi connectivity index (χ2n) is 6.22. The third-order valence-electron chi connectivity index (χ3n) is 4.36. The Bertz CT molecular complexity index is 1120. The maximum atomic E-state index is 12.4. The lowest BCUT2D eigenvalue weighted by Gasteiger charge is -2.10. The molecule has 0 saturated carbocycles. The first kappa shape index (κ1) is 18.2. The number of nitrogens with one attached hydrogen (secondary N) is 1. The van der Waals surface area contributed by atoms with E-state index in [1.807, 2.05) is 53.1 Å². The van der Waals surface area contributed by atoms with E-state index in [2.05, 4.69) is 33.5 Å². The zero-order chi connectivity index (χ0) is 19.3. The van der Waals surface area contributed by atoms with Crippen LogP contribution in [0.15, 0.2) is 72.3 Å². The number of benzene rings is 2. The molecule has 4 rings (SSSR count). The summed E-state index contributed by atoms with van der Waals surface area (Å²) < 4.78 is 1.92. The predicted octanol–water partition coefficient (Wildman–Crippen LogP) is 4.11. The molecule has 0 unspecified atom stereocenters. The van der Waals surface area contributed by atoms with E-state index in [0.29, 0.717) is 10.8 Å². The Morgan fingerprint density at radius 1 is 1.14 bits per heavy atom. The zero-order valence-corrected chi connectivity index (χ0v) is 16.2. The van der Waals surface area contributed by atoms with Crippen LogP contribution in [0.5, 0.6) is 0 Å². The van der Waals surface area contributed by atoms with Crippen molar-refractivity contribution in [2.24, 2.45) is 0 Å². The number of amides is 1. The van der Waals surface area contributed by atoms with Crippen molar-refractivity contribution in [1.29, 1.82) is 0 Å². The van der Waals surface area contributed by atoms with Gasteiger partial charge in [0.25, 0.3) is 0 Å². The fourth-order valence-electron chi connectivity index (χ4n) is 3.00. The number of para-hydroxylation sites is 2. The summed E-state index contributed by atoms with van der Waals surface area (Å²) in [5.74, 6) is 0.125. The molecule has 0 atom stereocenters. The van der Waals surface area contributed by atoms with E-state index in [0.717, 1.165) is 23.0 Å². The largest absolute Gasteiger partial charge is 0.324 e. The normalized spacial score (nSPS) is 10.9. The maximum absolute atomic E-state index is 12.4. The van der Waals surface area contributed by atoms with Gasteiger partial charge in [-0.1, -0.05) is 55.1 Å². The van der Waals surface area contributed by atoms with Crippen LogP contribution in [0.1, 0.15) is 12.5 Å². The number of thioether (sulfide) groups is 1. The van der Waals surface area contributed by atoms with Crippen molar-refractivity contribution in [3.05, 3.63) is 72.7 Å². The van der Waals surface area contributed by atoms with Gasteiger partial charge in [0.15, 0.2) is 5.16 Å². The van der Waals surface area contributed by atoms with Crippen molar-refractivity contribution in [3.63, 3.8) is 0 Å². The van der Waals surface area contributed by atoms with Crippen molar-refractivity contribution in [1.82, 2.24) is 19.7 Å². The van der Waals surface area contributed by atoms with Gasteiger partial charge in [-0.15, -0.1) is 10.2 Å². The lowest BCUT2D eigenvalue weighted by Crippen LogP contribution is -2.14. The molecule has 0 aliphatic heterocycles. The summed E-state index contributed by atoms with van der Waals surface area (Å²) in [7, 11) is 0. The predicted molar refractivity (Wildman–Crippen MR) is 112 cm³/mol. The Morgan fingerprint density at radius 2 is 1.96 bits per heavy atom. The fourth-order valence-corrected chi connectivity index (χ4v) is 3.72. The van der Waals surface area contributed by atoms with E-state index in [-0.39, 0.29) is 11.7 Å². The molecule has 0 saturated heterocycles. The Morgan fingerprint density at radius 3 is 2.86 bits per heavy atom. The summed E-state index contributed by atoms with van der Waals surface area (Å²) >= 11 is 1.36. The third kappa shape index (κ3) is 3.89. The van der Waals surface area contributed by atoms with Gasteiger partial charge >= 0.3 is 0 Å². The molecule has 2 aromatic carbocycles. The SMILES string of the molecule is CCc1ccccc1-n1cnnc1SCC(=O)Nc1cnc2ccccc2c1. The van der Waals surface area contributed by atoms with Crippen LogP contribution in [0.4, 0.5) is 5.69 Å². The number of aryl methyl sites for hydroxylation is 1. The fraction of sp³-hybridized carbons (Fsp3) is 0.143. The molecule has 1 N–H and O–H groups in total. The summed E-state index contributed by atoms with van der Waals surface area (Å²) in [4.78, 5) is 16.8. The van der Waals surface area contributed by atoms with Crippen LogP contribution in [0.3, 0.4) is 0 Å². The maximum Gasteiger partial charge on any atom is 0.234 e. The minimum Gasteiger partial charge on any atom is -0.324 e. The molecular formula is C21H19N5OS. The molecule has 4 aromatic rings. The molecule has 140 valence electrons. The average molecular weight is 389 g/mol. The first-order chi connectivity index (χ1) is 13.7. The number of pyridine rings is 1. The van der Waals surface area contributed by atoms with Crippen LogP contribution in [-0.4, -0.2) is 31.4 Å². The highest BCUT2D eigenvalue weighted by atomic mass is 32.2. The molecule has 0 bridgehead atoms. The highest BCUT2D eigenvalue weighted by Crippen LogP contribution is 2.23. The van der Waals surface area contributed by atoms with Crippen LogP contribution in [0.25, 0.3) is 16.6 Å². The van der Waals surface area contributed by atoms with Crippen LogP contribution in [-0.2, 0) is 11.2 Å². The number of nitrogens with zero attached hydrogens (tertiary/aromatic N) is 4. The summed E-state index contributed by atoms with van der Waals surface area (Å²) in [5, 5.41) is 12.8. The van der Waals surface area contributed by atoms with Gasteiger partial charge in [-0.2, -0.15) is 0 Å². The molecule has 7 heteroatoms. The van der Waals surface area contributed by atoms with Crippen molar-refractivity contribution in [2.75, 3.05) is 11.1 Å². The van der Waals surface area contributed by atoms with E-state index in [1.54, 1.807) is 12.5 Å². The second-order valence-corrected chi connectivity index (χ2v) is 7.16. The Hall–Kier alpha value is -3.19. The van der Waals surface area contributed by atoms with Gasteiger partial charge in [0.1, 0.15) is 6.33 Å². The Balaban J connectivity index is 1.45. The van der Waals surface area contributed by atoms with E-state index < -0.39 is 0 Å². The van der Waals surface area contributed by atoms with E-state index in [9.17, 15) is 4.79 Å². The number of hydrogen-bond donors (Lipinski definition) is 1. The summed E-state index contributed by atoms with van der Waals surface area (Å²) in [6.07, 6.45) is 4.26. The van der Waals surface area contributed by atoms with E-state index in [4.69, 9.17) is 0 Å². The second kappa shape index (κ2) is 8.22. The summed E-state index contributed by atoms with van der Waals surface area (Å²) in [6.45, 7) is 2.11. The minimum absolute atomic E-state index is 0.111. The molecular weight excluding hydrogens is 370 g/mol. The van der Waals surface area contributed by atoms with Crippen LogP contribution in [0, 0.1) is 0 Å². The van der Waals surface area contributed by atoms with Crippen molar-refractivity contribution < 1.29 is 4.79 Å². The van der Waals surface area contributed by atoms with Gasteiger partial charge in [-0.05, 0) is 30.2 Å². The van der Waals surface area contributed by atoms with Crippen LogP contribution in [0.2, 0.25) is 0 Å². The monoisotopic (exact) mass is 389 g/mol. The van der Waals surface area contributed by atoms with Crippen molar-refractivity contribution in [2.45, 2.75) is 18.5 Å². The smallest absolute Gasteiger partial charge is 0.234 e. The lowest BCUT2D eigenvalue weighted by molar-refractivity contribution is -0.113. The molecule has 0 aliphatic carbocycles. The number of aromatic nitrogens is 4. The quantitative estimate of drug-likeness (QED) is 0.503. The lowest BCUT2D eigenvalue weighted by atomic mass is 10.1. The van der Waals surface area contributed by atoms with E-state index >= 15 is 0 Å². The van der Waals surface area contributed by atoms with Gasteiger partial charge in [0.05, 0.1) is 28.8 Å². The van der Waals surface area contributed by atoms with Crippen LogP contribution < -0.4 is 5.32 Å². The summed E-state index contributed by atoms with van der Waals surface area (Å²) in [6, 6.07) is 17.9.